The molecule has 2 fully saturated rings. The number of hydrogen-bond donors (Lipinski definition) is 0. The molecule has 144 valence electrons. The van der Waals surface area contributed by atoms with Crippen LogP contribution in [0, 0.1) is 11.7 Å². The number of fused-ring (bicyclic) bond motifs is 1. The summed E-state index contributed by atoms with van der Waals surface area (Å²) in [5.74, 6) is -2.12. The van der Waals surface area contributed by atoms with Crippen LogP contribution in [0.3, 0.4) is 0 Å². The van der Waals surface area contributed by atoms with Crippen LogP contribution >= 0.6 is 0 Å². The van der Waals surface area contributed by atoms with Crippen LogP contribution in [-0.2, 0) is 14.4 Å². The lowest BCUT2D eigenvalue weighted by atomic mass is 9.90. The number of rotatable bonds is 3. The predicted molar refractivity (Wildman–Crippen MR) is 105 cm³/mol. The standard InChI is InChI=1S/C23H17FN2O3/c24-18-14-8-7-13-17(18)20-19-21(29-26(20)16-11-5-2-6-12-16)23(28)25(22(19)27)15-9-3-1-4-10-15/h1-14,19-21H/t19-,20-,21+/m1/s1. The van der Waals surface area contributed by atoms with E-state index < -0.39 is 35.7 Å². The van der Waals surface area contributed by atoms with Gasteiger partial charge in [-0.2, -0.15) is 0 Å². The summed E-state index contributed by atoms with van der Waals surface area (Å²) in [5, 5.41) is 1.49. The maximum atomic E-state index is 14.7. The SMILES string of the molecule is O=C1[C@H]2[C@H](ON(c3ccccc3)[C@@H]2c2ccccc2F)C(=O)N1c1ccccc1. The highest BCUT2D eigenvalue weighted by atomic mass is 19.1. The third-order valence-electron chi connectivity index (χ3n) is 5.36. The van der Waals surface area contributed by atoms with E-state index in [2.05, 4.69) is 0 Å². The zero-order valence-corrected chi connectivity index (χ0v) is 15.3. The van der Waals surface area contributed by atoms with Gasteiger partial charge in [-0.3, -0.25) is 14.4 Å². The average Bonchev–Trinajstić information content (AvgIpc) is 3.26. The fourth-order valence-corrected chi connectivity index (χ4v) is 4.08. The van der Waals surface area contributed by atoms with Crippen LogP contribution in [0.5, 0.6) is 0 Å². The highest BCUT2D eigenvalue weighted by Crippen LogP contribution is 2.47. The molecule has 5 rings (SSSR count). The van der Waals surface area contributed by atoms with E-state index in [-0.39, 0.29) is 0 Å². The topological polar surface area (TPSA) is 49.9 Å². The molecule has 3 aromatic carbocycles. The molecule has 2 heterocycles. The Kier molecular flexibility index (Phi) is 4.14. The minimum absolute atomic E-state index is 0.319. The average molecular weight is 388 g/mol. The summed E-state index contributed by atoms with van der Waals surface area (Å²) >= 11 is 0. The van der Waals surface area contributed by atoms with Gasteiger partial charge in [-0.1, -0.05) is 54.6 Å². The Bertz CT molecular complexity index is 1070. The van der Waals surface area contributed by atoms with Crippen molar-refractivity contribution in [2.45, 2.75) is 12.1 Å². The number of carbonyl (C=O) groups is 2. The summed E-state index contributed by atoms with van der Waals surface area (Å²) in [7, 11) is 0. The normalized spacial score (nSPS) is 23.6. The van der Waals surface area contributed by atoms with Crippen LogP contribution in [0.1, 0.15) is 11.6 Å². The molecule has 2 aliphatic rings. The first-order chi connectivity index (χ1) is 14.2. The second kappa shape index (κ2) is 6.83. The van der Waals surface area contributed by atoms with Crippen molar-refractivity contribution in [1.29, 1.82) is 0 Å². The smallest absolute Gasteiger partial charge is 0.266 e. The highest BCUT2D eigenvalue weighted by molar-refractivity contribution is 6.23. The van der Waals surface area contributed by atoms with Crippen molar-refractivity contribution in [2.24, 2.45) is 5.92 Å². The molecule has 0 spiro atoms. The van der Waals surface area contributed by atoms with E-state index in [4.69, 9.17) is 4.84 Å². The van der Waals surface area contributed by atoms with Gasteiger partial charge in [0, 0.05) is 5.56 Å². The largest absolute Gasteiger partial charge is 0.273 e. The zero-order chi connectivity index (χ0) is 20.0. The maximum absolute atomic E-state index is 14.7. The van der Waals surface area contributed by atoms with E-state index in [9.17, 15) is 14.0 Å². The van der Waals surface area contributed by atoms with Gasteiger partial charge in [0.15, 0.2) is 6.10 Å². The van der Waals surface area contributed by atoms with Gasteiger partial charge in [-0.25, -0.2) is 14.4 Å². The molecule has 0 aliphatic carbocycles. The Hall–Kier alpha value is -3.51. The van der Waals surface area contributed by atoms with Gasteiger partial charge in [-0.05, 0) is 30.3 Å². The second-order valence-corrected chi connectivity index (χ2v) is 7.03. The number of carbonyl (C=O) groups excluding carboxylic acids is 2. The Balaban J connectivity index is 1.62. The summed E-state index contributed by atoms with van der Waals surface area (Å²) in [6, 6.07) is 23.4. The molecule has 2 amide bonds. The van der Waals surface area contributed by atoms with Gasteiger partial charge in [-0.15, -0.1) is 0 Å². The van der Waals surface area contributed by atoms with Gasteiger partial charge in [0.05, 0.1) is 17.4 Å². The van der Waals surface area contributed by atoms with E-state index in [0.717, 1.165) is 4.90 Å². The number of nitrogens with zero attached hydrogens (tertiary/aromatic N) is 2. The minimum Gasteiger partial charge on any atom is -0.273 e. The number of anilines is 2. The fraction of sp³-hybridized carbons (Fsp3) is 0.130. The van der Waals surface area contributed by atoms with Crippen LogP contribution in [0.15, 0.2) is 84.9 Å². The van der Waals surface area contributed by atoms with Crippen molar-refractivity contribution in [2.75, 3.05) is 9.96 Å². The Morgan fingerprint density at radius 3 is 1.97 bits per heavy atom. The molecule has 0 saturated carbocycles. The number of hydrogen-bond acceptors (Lipinski definition) is 4. The van der Waals surface area contributed by atoms with Gasteiger partial charge in [0.2, 0.25) is 5.91 Å². The number of para-hydroxylation sites is 2. The van der Waals surface area contributed by atoms with Crippen molar-refractivity contribution in [3.8, 4) is 0 Å². The molecule has 3 atom stereocenters. The van der Waals surface area contributed by atoms with Gasteiger partial charge in [0.25, 0.3) is 5.91 Å². The Morgan fingerprint density at radius 1 is 0.724 bits per heavy atom. The third-order valence-corrected chi connectivity index (χ3v) is 5.36. The quantitative estimate of drug-likeness (QED) is 0.639. The van der Waals surface area contributed by atoms with Gasteiger partial charge in [0.1, 0.15) is 11.7 Å². The van der Waals surface area contributed by atoms with Crippen LogP contribution in [-0.4, -0.2) is 17.9 Å². The molecule has 0 bridgehead atoms. The molecule has 5 nitrogen and oxygen atoms in total. The zero-order valence-electron chi connectivity index (χ0n) is 15.3. The lowest BCUT2D eigenvalue weighted by Gasteiger charge is -2.28. The van der Waals surface area contributed by atoms with E-state index in [1.807, 2.05) is 24.3 Å². The van der Waals surface area contributed by atoms with E-state index in [1.54, 1.807) is 54.6 Å². The minimum atomic E-state index is -1.01. The van der Waals surface area contributed by atoms with E-state index in [0.29, 0.717) is 16.9 Å². The molecule has 0 radical (unpaired) electrons. The van der Waals surface area contributed by atoms with Crippen LogP contribution in [0.2, 0.25) is 0 Å². The lowest BCUT2D eigenvalue weighted by molar-refractivity contribution is -0.126. The fourth-order valence-electron chi connectivity index (χ4n) is 4.08. The first-order valence-corrected chi connectivity index (χ1v) is 9.35. The van der Waals surface area contributed by atoms with Crippen molar-refractivity contribution in [3.63, 3.8) is 0 Å². The molecule has 0 unspecified atom stereocenters. The van der Waals surface area contributed by atoms with Crippen LogP contribution in [0.4, 0.5) is 15.8 Å². The molecule has 3 aromatic rings. The molecule has 2 saturated heterocycles. The number of imide groups is 1. The second-order valence-electron chi connectivity index (χ2n) is 7.03. The number of benzene rings is 3. The highest BCUT2D eigenvalue weighted by Gasteiger charge is 2.60. The van der Waals surface area contributed by atoms with Crippen molar-refractivity contribution < 1.29 is 18.8 Å². The summed E-state index contributed by atoms with van der Waals surface area (Å²) in [6.45, 7) is 0. The van der Waals surface area contributed by atoms with Crippen molar-refractivity contribution in [1.82, 2.24) is 0 Å². The first-order valence-electron chi connectivity index (χ1n) is 9.35. The summed E-state index contributed by atoms with van der Waals surface area (Å²) < 4.78 is 14.7. The lowest BCUT2D eigenvalue weighted by Crippen LogP contribution is -2.37. The number of amides is 2. The van der Waals surface area contributed by atoms with Crippen molar-refractivity contribution >= 4 is 23.2 Å². The predicted octanol–water partition coefficient (Wildman–Crippen LogP) is 3.88. The molecule has 0 N–H and O–H groups in total. The Labute approximate surface area is 166 Å². The van der Waals surface area contributed by atoms with Crippen LogP contribution in [0.25, 0.3) is 0 Å². The molecular formula is C23H17FN2O3. The monoisotopic (exact) mass is 388 g/mol. The first kappa shape index (κ1) is 17.6. The summed E-state index contributed by atoms with van der Waals surface area (Å²) in [4.78, 5) is 33.6. The third kappa shape index (κ3) is 2.72. The van der Waals surface area contributed by atoms with Crippen LogP contribution < -0.4 is 9.96 Å². The van der Waals surface area contributed by atoms with Gasteiger partial charge >= 0.3 is 0 Å². The van der Waals surface area contributed by atoms with Gasteiger partial charge < -0.3 is 0 Å². The van der Waals surface area contributed by atoms with Crippen molar-refractivity contribution in [3.05, 3.63) is 96.3 Å². The molecular weight excluding hydrogens is 371 g/mol. The molecule has 0 aromatic heterocycles. The van der Waals surface area contributed by atoms with E-state index in [1.165, 1.54) is 11.1 Å². The molecule has 2 aliphatic heterocycles. The Morgan fingerprint density at radius 2 is 1.31 bits per heavy atom. The van der Waals surface area contributed by atoms with E-state index >= 15 is 0 Å². The number of halogens is 1. The number of hydroxylamine groups is 1. The summed E-state index contributed by atoms with van der Waals surface area (Å²) in [5.41, 5.74) is 1.46. The molecule has 29 heavy (non-hydrogen) atoms. The maximum Gasteiger partial charge on any atom is 0.266 e. The molecule has 6 heteroatoms. The summed E-state index contributed by atoms with van der Waals surface area (Å²) in [6.07, 6.45) is -1.01.